The second kappa shape index (κ2) is 9.32. The van der Waals surface area contributed by atoms with E-state index < -0.39 is 0 Å². The summed E-state index contributed by atoms with van der Waals surface area (Å²) in [4.78, 5) is 2.56. The van der Waals surface area contributed by atoms with Gasteiger partial charge >= 0.3 is 0 Å². The van der Waals surface area contributed by atoms with Gasteiger partial charge in [-0.05, 0) is 60.3 Å². The number of halogens is 1. The Labute approximate surface area is 195 Å². The number of aromatic nitrogens is 2. The lowest BCUT2D eigenvalue weighted by molar-refractivity contribution is 0.170. The zero-order valence-electron chi connectivity index (χ0n) is 18.2. The van der Waals surface area contributed by atoms with Crippen molar-refractivity contribution in [3.8, 4) is 0 Å². The Morgan fingerprint density at radius 2 is 1.41 bits per heavy atom. The summed E-state index contributed by atoms with van der Waals surface area (Å²) in [6, 6.07) is 30.1. The van der Waals surface area contributed by atoms with Gasteiger partial charge in [0.15, 0.2) is 0 Å². The number of nitrogens with one attached hydrogen (secondary N) is 1. The number of benzene rings is 3. The zero-order chi connectivity index (χ0) is 21.8. The topological polar surface area (TPSA) is 31.9 Å². The Morgan fingerprint density at radius 1 is 0.812 bits per heavy atom. The molecule has 0 radical (unpaired) electrons. The predicted molar refractivity (Wildman–Crippen MR) is 131 cm³/mol. The maximum absolute atomic E-state index is 6.04. The number of likely N-dealkylation sites (tertiary alicyclic amines) is 1. The van der Waals surface area contributed by atoms with E-state index >= 15 is 0 Å². The maximum Gasteiger partial charge on any atom is 0.0527 e. The molecule has 0 spiro atoms. The van der Waals surface area contributed by atoms with Crippen molar-refractivity contribution in [1.82, 2.24) is 15.1 Å². The Balaban J connectivity index is 1.31. The van der Waals surface area contributed by atoms with Crippen LogP contribution in [0.25, 0.3) is 0 Å². The molecule has 32 heavy (non-hydrogen) atoms. The van der Waals surface area contributed by atoms with Crippen molar-refractivity contribution in [1.29, 1.82) is 0 Å². The molecule has 0 aliphatic carbocycles. The van der Waals surface area contributed by atoms with E-state index in [0.29, 0.717) is 0 Å². The van der Waals surface area contributed by atoms with Crippen molar-refractivity contribution in [2.75, 3.05) is 13.1 Å². The summed E-state index contributed by atoms with van der Waals surface area (Å²) in [5.41, 5.74) is 6.66. The summed E-state index contributed by atoms with van der Waals surface area (Å²) < 4.78 is 0. The molecule has 3 aromatic carbocycles. The lowest BCUT2D eigenvalue weighted by Gasteiger charge is -2.43. The van der Waals surface area contributed by atoms with E-state index in [1.165, 1.54) is 27.9 Å². The first-order chi connectivity index (χ1) is 15.7. The predicted octanol–water partition coefficient (Wildman–Crippen LogP) is 6.24. The minimum Gasteiger partial charge on any atom is -0.297 e. The highest BCUT2D eigenvalue weighted by atomic mass is 35.5. The number of aromatic amines is 1. The maximum atomic E-state index is 6.04. The number of nitrogens with zero attached hydrogens (tertiary/aromatic N) is 2. The summed E-state index contributed by atoms with van der Waals surface area (Å²) in [6.07, 6.45) is 5.06. The van der Waals surface area contributed by atoms with Crippen molar-refractivity contribution >= 4 is 11.6 Å². The van der Waals surface area contributed by atoms with Crippen LogP contribution in [0, 0.1) is 0 Å². The van der Waals surface area contributed by atoms with Crippen molar-refractivity contribution < 1.29 is 0 Å². The van der Waals surface area contributed by atoms with Crippen LogP contribution in [-0.2, 0) is 18.4 Å². The Kier molecular flexibility index (Phi) is 6.11. The quantitative estimate of drug-likeness (QED) is 0.384. The molecule has 4 heteroatoms. The number of piperidine rings is 1. The van der Waals surface area contributed by atoms with Gasteiger partial charge in [-0.25, -0.2) is 0 Å². The first-order valence-corrected chi connectivity index (χ1v) is 11.7. The SMILES string of the molecule is Clc1ccc(Cc2cn[nH]c2CN2CCC(c3ccccc3)(c3ccccc3)CC2)cc1. The molecular weight excluding hydrogens is 414 g/mol. The molecule has 1 aromatic heterocycles. The van der Waals surface area contributed by atoms with Crippen LogP contribution in [0.2, 0.25) is 5.02 Å². The van der Waals surface area contributed by atoms with Crippen LogP contribution in [0.15, 0.2) is 91.1 Å². The summed E-state index contributed by atoms with van der Waals surface area (Å²) in [7, 11) is 0. The summed E-state index contributed by atoms with van der Waals surface area (Å²) >= 11 is 6.04. The van der Waals surface area contributed by atoms with Crippen LogP contribution in [0.5, 0.6) is 0 Å². The number of rotatable bonds is 6. The molecule has 5 rings (SSSR count). The first kappa shape index (κ1) is 21.0. The van der Waals surface area contributed by atoms with Gasteiger partial charge in [0.25, 0.3) is 0 Å². The van der Waals surface area contributed by atoms with E-state index in [0.717, 1.165) is 43.9 Å². The van der Waals surface area contributed by atoms with E-state index in [2.05, 4.69) is 87.9 Å². The van der Waals surface area contributed by atoms with E-state index in [1.807, 2.05) is 18.3 Å². The van der Waals surface area contributed by atoms with Crippen molar-refractivity contribution in [2.45, 2.75) is 31.2 Å². The lowest BCUT2D eigenvalue weighted by atomic mass is 9.68. The molecule has 1 aliphatic heterocycles. The summed E-state index contributed by atoms with van der Waals surface area (Å²) in [6.45, 7) is 3.02. The third-order valence-corrected chi connectivity index (χ3v) is 7.11. The number of hydrogen-bond acceptors (Lipinski definition) is 2. The average Bonchev–Trinajstić information content (AvgIpc) is 3.28. The van der Waals surface area contributed by atoms with Crippen LogP contribution in [0.3, 0.4) is 0 Å². The number of hydrogen-bond donors (Lipinski definition) is 1. The largest absolute Gasteiger partial charge is 0.297 e. The molecule has 1 fully saturated rings. The van der Waals surface area contributed by atoms with Crippen LogP contribution in [-0.4, -0.2) is 28.2 Å². The highest BCUT2D eigenvalue weighted by Gasteiger charge is 2.37. The molecule has 0 bridgehead atoms. The Morgan fingerprint density at radius 3 is 2.00 bits per heavy atom. The molecule has 1 saturated heterocycles. The Hall–Kier alpha value is -2.88. The van der Waals surface area contributed by atoms with Gasteiger partial charge in [-0.3, -0.25) is 10.00 Å². The van der Waals surface area contributed by atoms with Gasteiger partial charge in [-0.1, -0.05) is 84.4 Å². The van der Waals surface area contributed by atoms with E-state index in [9.17, 15) is 0 Å². The number of H-pyrrole nitrogens is 1. The second-order valence-electron chi connectivity index (χ2n) is 8.77. The van der Waals surface area contributed by atoms with Gasteiger partial charge in [0.2, 0.25) is 0 Å². The summed E-state index contributed by atoms with van der Waals surface area (Å²) in [5.74, 6) is 0. The molecule has 0 saturated carbocycles. The monoisotopic (exact) mass is 441 g/mol. The van der Waals surface area contributed by atoms with E-state index in [-0.39, 0.29) is 5.41 Å². The molecular formula is C28H28ClN3. The highest BCUT2D eigenvalue weighted by molar-refractivity contribution is 6.30. The third-order valence-electron chi connectivity index (χ3n) is 6.86. The fourth-order valence-corrected chi connectivity index (χ4v) is 5.15. The van der Waals surface area contributed by atoms with E-state index in [4.69, 9.17) is 11.6 Å². The first-order valence-electron chi connectivity index (χ1n) is 11.3. The third kappa shape index (κ3) is 4.36. The van der Waals surface area contributed by atoms with Gasteiger partial charge in [0.05, 0.1) is 11.9 Å². The molecule has 3 nitrogen and oxygen atoms in total. The normalized spacial score (nSPS) is 16.2. The van der Waals surface area contributed by atoms with Gasteiger partial charge in [-0.2, -0.15) is 5.10 Å². The summed E-state index contributed by atoms with van der Waals surface area (Å²) in [5, 5.41) is 8.37. The minimum atomic E-state index is 0.0825. The molecule has 0 atom stereocenters. The van der Waals surface area contributed by atoms with Crippen LogP contribution in [0.1, 0.15) is 40.8 Å². The molecule has 4 aromatic rings. The van der Waals surface area contributed by atoms with Crippen molar-refractivity contribution in [3.63, 3.8) is 0 Å². The van der Waals surface area contributed by atoms with Gasteiger partial charge in [0, 0.05) is 23.4 Å². The van der Waals surface area contributed by atoms with Gasteiger partial charge in [0.1, 0.15) is 0 Å². The van der Waals surface area contributed by atoms with Crippen molar-refractivity contribution in [2.24, 2.45) is 0 Å². The van der Waals surface area contributed by atoms with Gasteiger partial charge in [-0.15, -0.1) is 0 Å². The molecule has 1 aliphatic rings. The van der Waals surface area contributed by atoms with Crippen molar-refractivity contribution in [3.05, 3.63) is 124 Å². The minimum absolute atomic E-state index is 0.0825. The molecule has 162 valence electrons. The second-order valence-corrected chi connectivity index (χ2v) is 9.20. The van der Waals surface area contributed by atoms with Crippen LogP contribution in [0.4, 0.5) is 0 Å². The van der Waals surface area contributed by atoms with Crippen LogP contribution >= 0.6 is 11.6 Å². The smallest absolute Gasteiger partial charge is 0.0527 e. The molecule has 1 N–H and O–H groups in total. The highest BCUT2D eigenvalue weighted by Crippen LogP contribution is 2.41. The fraction of sp³-hybridized carbons (Fsp3) is 0.250. The fourth-order valence-electron chi connectivity index (χ4n) is 5.02. The van der Waals surface area contributed by atoms with E-state index in [1.54, 1.807) is 0 Å². The molecule has 0 amide bonds. The average molecular weight is 442 g/mol. The van der Waals surface area contributed by atoms with Crippen LogP contribution < -0.4 is 0 Å². The zero-order valence-corrected chi connectivity index (χ0v) is 18.9. The van der Waals surface area contributed by atoms with Gasteiger partial charge < -0.3 is 0 Å². The standard InChI is InChI=1S/C28H28ClN3/c29-26-13-11-22(12-14-26)19-23-20-30-31-27(23)21-32-17-15-28(16-18-32,24-7-3-1-4-8-24)25-9-5-2-6-10-25/h1-14,20H,15-19,21H2,(H,30,31). The Bertz CT molecular complexity index is 1090. The molecule has 2 heterocycles. The lowest BCUT2D eigenvalue weighted by Crippen LogP contribution is -2.43. The molecule has 0 unspecified atom stereocenters.